The van der Waals surface area contributed by atoms with Crippen molar-refractivity contribution in [3.8, 4) is 23.3 Å². The summed E-state index contributed by atoms with van der Waals surface area (Å²) in [6, 6.07) is 15.1. The Labute approximate surface area is 297 Å². The van der Waals surface area contributed by atoms with Gasteiger partial charge in [-0.15, -0.1) is 10.1 Å². The van der Waals surface area contributed by atoms with E-state index in [2.05, 4.69) is 30.1 Å². The summed E-state index contributed by atoms with van der Waals surface area (Å²) < 4.78 is 21.6. The van der Waals surface area contributed by atoms with Crippen LogP contribution in [0.4, 0.5) is 0 Å². The molecule has 0 radical (unpaired) electrons. The van der Waals surface area contributed by atoms with Crippen LogP contribution in [0.3, 0.4) is 0 Å². The van der Waals surface area contributed by atoms with E-state index in [1.54, 1.807) is 27.2 Å². The standard InChI is InChI=1S/C32H46N4O8.C2H2O4.H2O/c1-23(2)32(22-33,26-13-14-28(41-6)29(19-26)42-7)16-10-17-35(4)18-15-25-11-8-9-12-27(25)43-20-30(44-36(38)39)24(3)34-31(37)21-40-5;3-1(4)2(5)6;/h8-9,11-14,19,23-24,30H,10,15-18,20-21H2,1-7H3,(H,34,37);(H,3,4)(H,5,6);1H2. The van der Waals surface area contributed by atoms with Gasteiger partial charge < -0.3 is 49.7 Å². The van der Waals surface area contributed by atoms with Crippen molar-refractivity contribution < 1.29 is 58.9 Å². The lowest BCUT2D eigenvalue weighted by Crippen LogP contribution is -2.47. The molecule has 51 heavy (non-hydrogen) atoms. The highest BCUT2D eigenvalue weighted by Gasteiger charge is 2.36. The van der Waals surface area contributed by atoms with Gasteiger partial charge in [-0.25, -0.2) is 9.59 Å². The maximum absolute atomic E-state index is 11.9. The topological polar surface area (TPSA) is 252 Å². The van der Waals surface area contributed by atoms with E-state index < -0.39 is 40.5 Å². The number of nitrogens with zero attached hydrogens (tertiary/aromatic N) is 3. The molecule has 0 spiro atoms. The third-order valence-electron chi connectivity index (χ3n) is 7.96. The van der Waals surface area contributed by atoms with Crippen LogP contribution in [0.2, 0.25) is 0 Å². The second kappa shape index (κ2) is 23.3. The molecular formula is C34H50N4O13. The third-order valence-corrected chi connectivity index (χ3v) is 7.96. The number of likely N-dealkylation sites (N-methyl/N-ethyl adjacent to an activating group) is 1. The largest absolute Gasteiger partial charge is 0.493 e. The number of hydrogen-bond acceptors (Lipinski definition) is 12. The number of amides is 1. The van der Waals surface area contributed by atoms with Crippen molar-refractivity contribution in [1.29, 1.82) is 5.26 Å². The fraction of sp³-hybridized carbons (Fsp3) is 0.529. The first-order chi connectivity index (χ1) is 23.6. The van der Waals surface area contributed by atoms with Crippen LogP contribution in [0.25, 0.3) is 0 Å². The van der Waals surface area contributed by atoms with Gasteiger partial charge >= 0.3 is 11.9 Å². The lowest BCUT2D eigenvalue weighted by molar-refractivity contribution is -0.769. The zero-order chi connectivity index (χ0) is 37.9. The monoisotopic (exact) mass is 722 g/mol. The van der Waals surface area contributed by atoms with Gasteiger partial charge in [0.15, 0.2) is 17.6 Å². The molecule has 2 aromatic rings. The number of carboxylic acid groups (broad SMARTS) is 2. The summed E-state index contributed by atoms with van der Waals surface area (Å²) >= 11 is 0. The Morgan fingerprint density at radius 1 is 1.00 bits per heavy atom. The molecule has 2 aromatic carbocycles. The first-order valence-corrected chi connectivity index (χ1v) is 15.7. The summed E-state index contributed by atoms with van der Waals surface area (Å²) in [4.78, 5) is 48.2. The Balaban J connectivity index is 0.00000327. The Bertz CT molecular complexity index is 1440. The van der Waals surface area contributed by atoms with Crippen LogP contribution in [-0.2, 0) is 35.8 Å². The summed E-state index contributed by atoms with van der Waals surface area (Å²) in [6.07, 6.45) is 1.14. The van der Waals surface area contributed by atoms with E-state index in [4.69, 9.17) is 43.6 Å². The summed E-state index contributed by atoms with van der Waals surface area (Å²) in [5.74, 6) is -2.16. The van der Waals surface area contributed by atoms with Crippen molar-refractivity contribution in [2.75, 3.05) is 54.7 Å². The van der Waals surface area contributed by atoms with Gasteiger partial charge in [0, 0.05) is 13.7 Å². The van der Waals surface area contributed by atoms with Crippen molar-refractivity contribution >= 4 is 17.8 Å². The first kappa shape index (κ1) is 45.8. The number of rotatable bonds is 20. The van der Waals surface area contributed by atoms with Gasteiger partial charge in [0.1, 0.15) is 19.0 Å². The molecule has 17 nitrogen and oxygen atoms in total. The van der Waals surface area contributed by atoms with Crippen LogP contribution >= 0.6 is 0 Å². The lowest BCUT2D eigenvalue weighted by Gasteiger charge is -2.32. The van der Waals surface area contributed by atoms with E-state index in [-0.39, 0.29) is 24.6 Å². The predicted molar refractivity (Wildman–Crippen MR) is 184 cm³/mol. The SMILES string of the molecule is COCC(=O)NC(C)C(COc1ccccc1CCN(C)CCCC(C#N)(c1ccc(OC)c(OC)c1)C(C)C)O[N+](=O)[O-].O.O=C(O)C(=O)O. The molecule has 2 rings (SSSR count). The molecule has 3 unspecified atom stereocenters. The van der Waals surface area contributed by atoms with Gasteiger partial charge in [-0.2, -0.15) is 5.26 Å². The van der Waals surface area contributed by atoms with E-state index in [9.17, 15) is 20.2 Å². The number of carbonyl (C=O) groups excluding carboxylic acids is 1. The fourth-order valence-electron chi connectivity index (χ4n) is 5.10. The highest BCUT2D eigenvalue weighted by atomic mass is 17.0. The third kappa shape index (κ3) is 15.1. The normalized spacial score (nSPS) is 12.8. The molecule has 5 N–H and O–H groups in total. The highest BCUT2D eigenvalue weighted by molar-refractivity contribution is 6.27. The summed E-state index contributed by atoms with van der Waals surface area (Å²) in [5.41, 5.74) is 1.17. The molecular weight excluding hydrogens is 672 g/mol. The van der Waals surface area contributed by atoms with Crippen LogP contribution in [0.15, 0.2) is 42.5 Å². The number of carboxylic acids is 2. The molecule has 0 aliphatic rings. The Morgan fingerprint density at radius 3 is 2.16 bits per heavy atom. The number of hydrogen-bond donors (Lipinski definition) is 3. The van der Waals surface area contributed by atoms with E-state index in [0.717, 1.165) is 30.6 Å². The minimum absolute atomic E-state index is 0. The quantitative estimate of drug-likeness (QED) is 0.101. The number of carbonyl (C=O) groups is 3. The smallest absolute Gasteiger partial charge is 0.414 e. The minimum Gasteiger partial charge on any atom is -0.493 e. The van der Waals surface area contributed by atoms with Gasteiger partial charge in [0.05, 0.1) is 31.7 Å². The molecule has 0 heterocycles. The Morgan fingerprint density at radius 2 is 1.63 bits per heavy atom. The Hall–Kier alpha value is -5.18. The van der Waals surface area contributed by atoms with Crippen LogP contribution < -0.4 is 19.5 Å². The van der Waals surface area contributed by atoms with E-state index >= 15 is 0 Å². The fourth-order valence-corrected chi connectivity index (χ4v) is 5.10. The van der Waals surface area contributed by atoms with Crippen molar-refractivity contribution in [1.82, 2.24) is 10.2 Å². The Kier molecular flexibility index (Phi) is 20.9. The first-order valence-electron chi connectivity index (χ1n) is 15.7. The van der Waals surface area contributed by atoms with E-state index in [1.807, 2.05) is 43.4 Å². The molecule has 284 valence electrons. The second-order valence-electron chi connectivity index (χ2n) is 11.7. The second-order valence-corrected chi connectivity index (χ2v) is 11.7. The molecule has 0 aliphatic carbocycles. The van der Waals surface area contributed by atoms with E-state index in [1.165, 1.54) is 7.11 Å². The average molecular weight is 723 g/mol. The molecule has 0 saturated heterocycles. The van der Waals surface area contributed by atoms with Gasteiger partial charge in [-0.1, -0.05) is 38.1 Å². The van der Waals surface area contributed by atoms with E-state index in [0.29, 0.717) is 30.1 Å². The van der Waals surface area contributed by atoms with Gasteiger partial charge in [0.25, 0.3) is 5.09 Å². The number of nitriles is 1. The van der Waals surface area contributed by atoms with Gasteiger partial charge in [-0.3, -0.25) is 4.79 Å². The highest BCUT2D eigenvalue weighted by Crippen LogP contribution is 2.40. The number of benzene rings is 2. The minimum atomic E-state index is -1.82. The summed E-state index contributed by atoms with van der Waals surface area (Å²) in [6.45, 7) is 6.95. The molecule has 0 aliphatic heterocycles. The lowest BCUT2D eigenvalue weighted by atomic mass is 9.69. The molecule has 0 fully saturated rings. The zero-order valence-electron chi connectivity index (χ0n) is 30.0. The number of nitrogens with one attached hydrogen (secondary N) is 1. The van der Waals surface area contributed by atoms with Gasteiger partial charge in [0.2, 0.25) is 5.91 Å². The zero-order valence-corrected chi connectivity index (χ0v) is 30.0. The van der Waals surface area contributed by atoms with Crippen LogP contribution in [-0.4, -0.2) is 110 Å². The maximum Gasteiger partial charge on any atom is 0.414 e. The predicted octanol–water partition coefficient (Wildman–Crippen LogP) is 2.51. The molecule has 0 saturated carbocycles. The number of ether oxygens (including phenoxy) is 4. The molecule has 0 bridgehead atoms. The summed E-state index contributed by atoms with van der Waals surface area (Å²) in [7, 11) is 6.60. The van der Waals surface area contributed by atoms with Crippen molar-refractivity contribution in [2.24, 2.45) is 5.92 Å². The maximum atomic E-state index is 11.9. The van der Waals surface area contributed by atoms with Crippen LogP contribution in [0.5, 0.6) is 17.2 Å². The molecule has 3 atom stereocenters. The van der Waals surface area contributed by atoms with Gasteiger partial charge in [-0.05, 0) is 75.0 Å². The van der Waals surface area contributed by atoms with Crippen molar-refractivity contribution in [3.05, 3.63) is 63.7 Å². The number of methoxy groups -OCH3 is 3. The van der Waals surface area contributed by atoms with Crippen LogP contribution in [0, 0.1) is 27.4 Å². The van der Waals surface area contributed by atoms with Crippen LogP contribution in [0.1, 0.15) is 44.7 Å². The number of aliphatic carboxylic acids is 2. The molecule has 1 amide bonds. The summed E-state index contributed by atoms with van der Waals surface area (Å²) in [5, 5.41) is 38.0. The van der Waals surface area contributed by atoms with Crippen molar-refractivity contribution in [3.63, 3.8) is 0 Å². The molecule has 17 heteroatoms. The number of para-hydroxylation sites is 1. The molecule has 0 aromatic heterocycles. The average Bonchev–Trinajstić information content (AvgIpc) is 3.07. The van der Waals surface area contributed by atoms with Crippen molar-refractivity contribution in [2.45, 2.75) is 57.6 Å².